The molecule has 0 fully saturated rings. The SMILES string of the molecule is CCNCc1ccc(Br)cc1N(CCOC)CCOC. The van der Waals surface area contributed by atoms with Crippen molar-refractivity contribution in [2.24, 2.45) is 0 Å². The van der Waals surface area contributed by atoms with E-state index in [1.165, 1.54) is 11.3 Å². The number of ether oxygens (including phenoxy) is 2. The molecule has 0 unspecified atom stereocenters. The average molecular weight is 345 g/mol. The van der Waals surface area contributed by atoms with Crippen LogP contribution < -0.4 is 10.2 Å². The molecule has 5 heteroatoms. The molecule has 0 aliphatic heterocycles. The molecule has 0 heterocycles. The van der Waals surface area contributed by atoms with E-state index < -0.39 is 0 Å². The summed E-state index contributed by atoms with van der Waals surface area (Å²) in [7, 11) is 3.46. The minimum atomic E-state index is 0.705. The Labute approximate surface area is 130 Å². The molecule has 0 aliphatic rings. The monoisotopic (exact) mass is 344 g/mol. The largest absolute Gasteiger partial charge is 0.383 e. The quantitative estimate of drug-likeness (QED) is 0.707. The molecule has 0 bridgehead atoms. The van der Waals surface area contributed by atoms with Gasteiger partial charge in [-0.05, 0) is 24.2 Å². The smallest absolute Gasteiger partial charge is 0.0637 e. The van der Waals surface area contributed by atoms with Crippen LogP contribution in [0.5, 0.6) is 0 Å². The first kappa shape index (κ1) is 17.4. The van der Waals surface area contributed by atoms with E-state index in [4.69, 9.17) is 9.47 Å². The van der Waals surface area contributed by atoms with Crippen LogP contribution in [0.3, 0.4) is 0 Å². The molecule has 0 radical (unpaired) electrons. The highest BCUT2D eigenvalue weighted by Gasteiger charge is 2.11. The first-order valence-corrected chi connectivity index (χ1v) is 7.74. The molecule has 0 aliphatic carbocycles. The third-order valence-electron chi connectivity index (χ3n) is 3.08. The van der Waals surface area contributed by atoms with E-state index in [2.05, 4.69) is 51.3 Å². The Hall–Kier alpha value is -0.620. The lowest BCUT2D eigenvalue weighted by Gasteiger charge is -2.27. The molecule has 0 atom stereocenters. The van der Waals surface area contributed by atoms with Gasteiger partial charge in [0, 0.05) is 44.0 Å². The Bertz CT molecular complexity index is 380. The number of benzene rings is 1. The van der Waals surface area contributed by atoms with Crippen LogP contribution in [0, 0.1) is 0 Å². The zero-order chi connectivity index (χ0) is 14.8. The van der Waals surface area contributed by atoms with Gasteiger partial charge in [0.25, 0.3) is 0 Å². The molecule has 1 rings (SSSR count). The van der Waals surface area contributed by atoms with E-state index in [1.54, 1.807) is 14.2 Å². The van der Waals surface area contributed by atoms with Crippen LogP contribution in [0.25, 0.3) is 0 Å². The van der Waals surface area contributed by atoms with Gasteiger partial charge in [0.1, 0.15) is 0 Å². The second kappa shape index (κ2) is 10.2. The van der Waals surface area contributed by atoms with Gasteiger partial charge in [-0.1, -0.05) is 28.9 Å². The highest BCUT2D eigenvalue weighted by molar-refractivity contribution is 9.10. The van der Waals surface area contributed by atoms with Gasteiger partial charge in [-0.25, -0.2) is 0 Å². The van der Waals surface area contributed by atoms with Gasteiger partial charge in [0.05, 0.1) is 13.2 Å². The van der Waals surface area contributed by atoms with Crippen molar-refractivity contribution < 1.29 is 9.47 Å². The Morgan fingerprint density at radius 3 is 2.35 bits per heavy atom. The second-order valence-electron chi connectivity index (χ2n) is 4.53. The van der Waals surface area contributed by atoms with Gasteiger partial charge in [0.2, 0.25) is 0 Å². The van der Waals surface area contributed by atoms with Gasteiger partial charge >= 0.3 is 0 Å². The Morgan fingerprint density at radius 1 is 1.15 bits per heavy atom. The number of hydrogen-bond donors (Lipinski definition) is 1. The van der Waals surface area contributed by atoms with Crippen LogP contribution in [-0.4, -0.2) is 47.1 Å². The van der Waals surface area contributed by atoms with E-state index in [0.29, 0.717) is 13.2 Å². The van der Waals surface area contributed by atoms with E-state index in [1.807, 2.05) is 0 Å². The fourth-order valence-electron chi connectivity index (χ4n) is 2.00. The summed E-state index contributed by atoms with van der Waals surface area (Å²) < 4.78 is 11.5. The van der Waals surface area contributed by atoms with Crippen molar-refractivity contribution in [1.82, 2.24) is 5.32 Å². The van der Waals surface area contributed by atoms with Crippen molar-refractivity contribution in [3.05, 3.63) is 28.2 Å². The zero-order valence-corrected chi connectivity index (χ0v) is 14.2. The summed E-state index contributed by atoms with van der Waals surface area (Å²) in [6.45, 7) is 7.08. The van der Waals surface area contributed by atoms with E-state index in [-0.39, 0.29) is 0 Å². The molecule has 4 nitrogen and oxygen atoms in total. The molecular weight excluding hydrogens is 320 g/mol. The molecule has 1 N–H and O–H groups in total. The Morgan fingerprint density at radius 2 is 1.80 bits per heavy atom. The Kier molecular flexibility index (Phi) is 8.85. The normalized spacial score (nSPS) is 10.8. The number of hydrogen-bond acceptors (Lipinski definition) is 4. The molecule has 0 spiro atoms. The Balaban J connectivity index is 2.92. The van der Waals surface area contributed by atoms with Gasteiger partial charge < -0.3 is 19.7 Å². The third-order valence-corrected chi connectivity index (χ3v) is 3.58. The predicted molar refractivity (Wildman–Crippen MR) is 87.5 cm³/mol. The summed E-state index contributed by atoms with van der Waals surface area (Å²) in [6, 6.07) is 6.41. The van der Waals surface area contributed by atoms with Crippen molar-refractivity contribution in [3.63, 3.8) is 0 Å². The average Bonchev–Trinajstić information content (AvgIpc) is 2.46. The maximum atomic E-state index is 5.22. The van der Waals surface area contributed by atoms with Gasteiger partial charge in [-0.15, -0.1) is 0 Å². The summed E-state index contributed by atoms with van der Waals surface area (Å²) in [5.74, 6) is 0. The summed E-state index contributed by atoms with van der Waals surface area (Å²) >= 11 is 3.56. The number of anilines is 1. The first-order chi connectivity index (χ1) is 9.72. The van der Waals surface area contributed by atoms with Crippen molar-refractivity contribution in [2.75, 3.05) is 52.0 Å². The van der Waals surface area contributed by atoms with Gasteiger partial charge in [-0.2, -0.15) is 0 Å². The zero-order valence-electron chi connectivity index (χ0n) is 12.6. The minimum absolute atomic E-state index is 0.705. The topological polar surface area (TPSA) is 33.7 Å². The van der Waals surface area contributed by atoms with E-state index in [9.17, 15) is 0 Å². The number of rotatable bonds is 10. The molecular formula is C15H25BrN2O2. The van der Waals surface area contributed by atoms with Crippen molar-refractivity contribution >= 4 is 21.6 Å². The van der Waals surface area contributed by atoms with Gasteiger partial charge in [0.15, 0.2) is 0 Å². The summed E-state index contributed by atoms with van der Waals surface area (Å²) in [5, 5.41) is 3.39. The lowest BCUT2D eigenvalue weighted by molar-refractivity contribution is 0.190. The molecule has 0 saturated heterocycles. The third kappa shape index (κ3) is 5.79. The van der Waals surface area contributed by atoms with Crippen LogP contribution in [-0.2, 0) is 16.0 Å². The predicted octanol–water partition coefficient (Wildman–Crippen LogP) is 2.66. The maximum Gasteiger partial charge on any atom is 0.0637 e. The maximum absolute atomic E-state index is 5.22. The fraction of sp³-hybridized carbons (Fsp3) is 0.600. The van der Waals surface area contributed by atoms with Crippen molar-refractivity contribution in [3.8, 4) is 0 Å². The molecule has 0 amide bonds. The molecule has 0 aromatic heterocycles. The van der Waals surface area contributed by atoms with Crippen LogP contribution in [0.1, 0.15) is 12.5 Å². The number of nitrogens with zero attached hydrogens (tertiary/aromatic N) is 1. The molecule has 20 heavy (non-hydrogen) atoms. The van der Waals surface area contributed by atoms with E-state index in [0.717, 1.165) is 30.7 Å². The second-order valence-corrected chi connectivity index (χ2v) is 5.44. The van der Waals surface area contributed by atoms with Crippen molar-refractivity contribution in [2.45, 2.75) is 13.5 Å². The highest BCUT2D eigenvalue weighted by atomic mass is 79.9. The summed E-state index contributed by atoms with van der Waals surface area (Å²) in [6.07, 6.45) is 0. The lowest BCUT2D eigenvalue weighted by Crippen LogP contribution is -2.32. The molecule has 1 aromatic carbocycles. The van der Waals surface area contributed by atoms with Crippen molar-refractivity contribution in [1.29, 1.82) is 0 Å². The number of methoxy groups -OCH3 is 2. The fourth-order valence-corrected chi connectivity index (χ4v) is 2.35. The molecule has 0 saturated carbocycles. The molecule has 114 valence electrons. The minimum Gasteiger partial charge on any atom is -0.383 e. The highest BCUT2D eigenvalue weighted by Crippen LogP contribution is 2.25. The first-order valence-electron chi connectivity index (χ1n) is 6.94. The van der Waals surface area contributed by atoms with Crippen LogP contribution in [0.15, 0.2) is 22.7 Å². The molecule has 1 aromatic rings. The summed E-state index contributed by atoms with van der Waals surface area (Å²) in [4.78, 5) is 2.31. The lowest BCUT2D eigenvalue weighted by atomic mass is 10.1. The van der Waals surface area contributed by atoms with Crippen LogP contribution in [0.2, 0.25) is 0 Å². The standard InChI is InChI=1S/C15H25BrN2O2/c1-4-17-12-13-5-6-14(16)11-15(13)18(7-9-19-2)8-10-20-3/h5-6,11,17H,4,7-10,12H2,1-3H3. The number of nitrogens with one attached hydrogen (secondary N) is 1. The summed E-state index contributed by atoms with van der Waals surface area (Å²) in [5.41, 5.74) is 2.52. The van der Waals surface area contributed by atoms with Crippen LogP contribution in [0.4, 0.5) is 5.69 Å². The number of halogens is 1. The van der Waals surface area contributed by atoms with Gasteiger partial charge in [-0.3, -0.25) is 0 Å². The van der Waals surface area contributed by atoms with Crippen LogP contribution >= 0.6 is 15.9 Å². The van der Waals surface area contributed by atoms with E-state index >= 15 is 0 Å².